The summed E-state index contributed by atoms with van der Waals surface area (Å²) in [6.07, 6.45) is 5.11. The number of aryl methyl sites for hydroxylation is 1. The van der Waals surface area contributed by atoms with Gasteiger partial charge >= 0.3 is 0 Å². The summed E-state index contributed by atoms with van der Waals surface area (Å²) in [5, 5.41) is 0.959. The third kappa shape index (κ3) is 3.82. The first-order chi connectivity index (χ1) is 13.6. The minimum absolute atomic E-state index is 0.00223. The second-order valence-electron chi connectivity index (χ2n) is 7.23. The summed E-state index contributed by atoms with van der Waals surface area (Å²) in [5.41, 5.74) is 2.75. The lowest BCUT2D eigenvalue weighted by Crippen LogP contribution is -2.38. The fraction of sp³-hybridized carbons (Fsp3) is 0.318. The largest absolute Gasteiger partial charge is 0.376 e. The summed E-state index contributed by atoms with van der Waals surface area (Å²) < 4.78 is 5.73. The van der Waals surface area contributed by atoms with Crippen LogP contribution >= 0.6 is 0 Å². The van der Waals surface area contributed by atoms with Crippen molar-refractivity contribution in [2.45, 2.75) is 32.4 Å². The highest BCUT2D eigenvalue weighted by Crippen LogP contribution is 2.19. The number of H-pyrrole nitrogens is 1. The number of rotatable bonds is 5. The first-order valence-electron chi connectivity index (χ1n) is 9.54. The number of carbonyl (C=O) groups excluding carboxylic acids is 1. The molecule has 0 bridgehead atoms. The van der Waals surface area contributed by atoms with E-state index in [1.165, 1.54) is 0 Å². The SMILES string of the molecule is Cc1cccc2cc(CN(C[C@H]3CCCO3)C(=O)c3cccnc3)c(=O)[nH]c12. The van der Waals surface area contributed by atoms with Crippen molar-refractivity contribution in [3.63, 3.8) is 0 Å². The smallest absolute Gasteiger partial charge is 0.255 e. The Kier molecular flexibility index (Phi) is 5.21. The molecule has 1 atom stereocenters. The molecule has 144 valence electrons. The lowest BCUT2D eigenvalue weighted by molar-refractivity contribution is 0.0506. The van der Waals surface area contributed by atoms with Gasteiger partial charge in [-0.25, -0.2) is 0 Å². The molecule has 0 radical (unpaired) electrons. The van der Waals surface area contributed by atoms with Gasteiger partial charge in [0.1, 0.15) is 0 Å². The number of carbonyl (C=O) groups is 1. The zero-order valence-electron chi connectivity index (χ0n) is 15.9. The number of benzene rings is 1. The van der Waals surface area contributed by atoms with Gasteiger partial charge in [-0.15, -0.1) is 0 Å². The van der Waals surface area contributed by atoms with E-state index in [-0.39, 0.29) is 24.1 Å². The van der Waals surface area contributed by atoms with Gasteiger partial charge in [-0.2, -0.15) is 0 Å². The van der Waals surface area contributed by atoms with Crippen LogP contribution in [0.1, 0.15) is 34.3 Å². The Bertz CT molecular complexity index is 1040. The Balaban J connectivity index is 1.67. The third-order valence-corrected chi connectivity index (χ3v) is 5.17. The number of amides is 1. The van der Waals surface area contributed by atoms with Crippen molar-refractivity contribution in [2.75, 3.05) is 13.2 Å². The maximum Gasteiger partial charge on any atom is 0.255 e. The topological polar surface area (TPSA) is 75.3 Å². The minimum atomic E-state index is -0.168. The molecule has 1 fully saturated rings. The van der Waals surface area contributed by atoms with E-state index in [2.05, 4.69) is 9.97 Å². The van der Waals surface area contributed by atoms with Crippen molar-refractivity contribution < 1.29 is 9.53 Å². The molecule has 3 heterocycles. The molecule has 0 saturated carbocycles. The second kappa shape index (κ2) is 7.94. The Morgan fingerprint density at radius 3 is 2.96 bits per heavy atom. The first kappa shape index (κ1) is 18.4. The lowest BCUT2D eigenvalue weighted by atomic mass is 10.1. The van der Waals surface area contributed by atoms with Crippen molar-refractivity contribution in [1.29, 1.82) is 0 Å². The summed E-state index contributed by atoms with van der Waals surface area (Å²) in [6, 6.07) is 11.3. The number of pyridine rings is 2. The van der Waals surface area contributed by atoms with Gasteiger partial charge in [-0.1, -0.05) is 18.2 Å². The van der Waals surface area contributed by atoms with E-state index in [0.29, 0.717) is 17.7 Å². The molecule has 1 aliphatic heterocycles. The maximum atomic E-state index is 13.1. The third-order valence-electron chi connectivity index (χ3n) is 5.17. The number of nitrogens with zero attached hydrogens (tertiary/aromatic N) is 2. The Labute approximate surface area is 163 Å². The van der Waals surface area contributed by atoms with E-state index in [1.54, 1.807) is 29.4 Å². The van der Waals surface area contributed by atoms with Crippen LogP contribution in [0.3, 0.4) is 0 Å². The lowest BCUT2D eigenvalue weighted by Gasteiger charge is -2.25. The highest BCUT2D eigenvalue weighted by Gasteiger charge is 2.24. The molecule has 1 aromatic carbocycles. The number of ether oxygens (including phenoxy) is 1. The molecule has 1 saturated heterocycles. The summed E-state index contributed by atoms with van der Waals surface area (Å²) in [6.45, 7) is 3.37. The van der Waals surface area contributed by atoms with Gasteiger partial charge in [0, 0.05) is 31.1 Å². The van der Waals surface area contributed by atoms with Crippen LogP contribution in [0.25, 0.3) is 10.9 Å². The Morgan fingerprint density at radius 1 is 1.32 bits per heavy atom. The molecule has 6 heteroatoms. The van der Waals surface area contributed by atoms with Crippen LogP contribution in [0, 0.1) is 6.92 Å². The van der Waals surface area contributed by atoms with Crippen LogP contribution in [-0.2, 0) is 11.3 Å². The zero-order valence-corrected chi connectivity index (χ0v) is 15.9. The second-order valence-corrected chi connectivity index (χ2v) is 7.23. The average molecular weight is 377 g/mol. The standard InChI is InChI=1S/C22H23N3O3/c1-15-5-2-6-16-11-18(21(26)24-20(15)16)13-25(14-19-8-4-10-28-19)22(27)17-7-3-9-23-12-17/h2-3,5-7,9,11-12,19H,4,8,10,13-14H2,1H3,(H,24,26)/t19-/m1/s1. The molecular weight excluding hydrogens is 354 g/mol. The van der Waals surface area contributed by atoms with Gasteiger partial charge in [0.15, 0.2) is 0 Å². The van der Waals surface area contributed by atoms with Crippen molar-refractivity contribution in [3.05, 3.63) is 75.8 Å². The van der Waals surface area contributed by atoms with Crippen LogP contribution in [0.2, 0.25) is 0 Å². The van der Waals surface area contributed by atoms with Crippen molar-refractivity contribution in [1.82, 2.24) is 14.9 Å². The Morgan fingerprint density at radius 2 is 2.21 bits per heavy atom. The first-order valence-corrected chi connectivity index (χ1v) is 9.54. The summed E-state index contributed by atoms with van der Waals surface area (Å²) in [7, 11) is 0. The number of hydrogen-bond acceptors (Lipinski definition) is 4. The highest BCUT2D eigenvalue weighted by atomic mass is 16.5. The van der Waals surface area contributed by atoms with Crippen LogP contribution in [-0.4, -0.2) is 40.0 Å². The van der Waals surface area contributed by atoms with E-state index in [4.69, 9.17) is 4.74 Å². The van der Waals surface area contributed by atoms with Gasteiger partial charge in [-0.05, 0) is 48.9 Å². The van der Waals surface area contributed by atoms with E-state index in [9.17, 15) is 9.59 Å². The van der Waals surface area contributed by atoms with Gasteiger partial charge in [-0.3, -0.25) is 14.6 Å². The molecule has 3 aromatic rings. The summed E-state index contributed by atoms with van der Waals surface area (Å²) in [5.74, 6) is -0.146. The number of aromatic amines is 1. The molecule has 6 nitrogen and oxygen atoms in total. The predicted octanol–water partition coefficient (Wildman–Crippen LogP) is 3.05. The van der Waals surface area contributed by atoms with E-state index < -0.39 is 0 Å². The van der Waals surface area contributed by atoms with Gasteiger partial charge in [0.2, 0.25) is 0 Å². The molecule has 1 aliphatic rings. The van der Waals surface area contributed by atoms with E-state index >= 15 is 0 Å². The number of aromatic nitrogens is 2. The average Bonchev–Trinajstić information content (AvgIpc) is 3.22. The molecule has 0 aliphatic carbocycles. The molecule has 28 heavy (non-hydrogen) atoms. The molecule has 0 unspecified atom stereocenters. The van der Waals surface area contributed by atoms with Crippen molar-refractivity contribution >= 4 is 16.8 Å². The van der Waals surface area contributed by atoms with Crippen molar-refractivity contribution in [2.24, 2.45) is 0 Å². The number of para-hydroxylation sites is 1. The van der Waals surface area contributed by atoms with Crippen LogP contribution in [0.15, 0.2) is 53.6 Å². The van der Waals surface area contributed by atoms with E-state index in [1.807, 2.05) is 31.2 Å². The number of fused-ring (bicyclic) bond motifs is 1. The van der Waals surface area contributed by atoms with Crippen molar-refractivity contribution in [3.8, 4) is 0 Å². The highest BCUT2D eigenvalue weighted by molar-refractivity contribution is 5.94. The number of hydrogen-bond donors (Lipinski definition) is 1. The van der Waals surface area contributed by atoms with Gasteiger partial charge in [0.25, 0.3) is 11.5 Å². The fourth-order valence-corrected chi connectivity index (χ4v) is 3.68. The van der Waals surface area contributed by atoms with Crippen LogP contribution in [0.5, 0.6) is 0 Å². The molecule has 1 amide bonds. The summed E-state index contributed by atoms with van der Waals surface area (Å²) >= 11 is 0. The van der Waals surface area contributed by atoms with Gasteiger partial charge in [0.05, 0.1) is 23.7 Å². The quantitative estimate of drug-likeness (QED) is 0.742. The van der Waals surface area contributed by atoms with Gasteiger partial charge < -0.3 is 14.6 Å². The Hall–Kier alpha value is -2.99. The molecule has 1 N–H and O–H groups in total. The van der Waals surface area contributed by atoms with Crippen LogP contribution < -0.4 is 5.56 Å². The predicted molar refractivity (Wildman–Crippen MR) is 107 cm³/mol. The fourth-order valence-electron chi connectivity index (χ4n) is 3.68. The normalized spacial score (nSPS) is 16.4. The number of nitrogens with one attached hydrogen (secondary N) is 1. The maximum absolute atomic E-state index is 13.1. The monoisotopic (exact) mass is 377 g/mol. The minimum Gasteiger partial charge on any atom is -0.376 e. The van der Waals surface area contributed by atoms with Crippen LogP contribution in [0.4, 0.5) is 0 Å². The molecule has 4 rings (SSSR count). The molecule has 2 aromatic heterocycles. The summed E-state index contributed by atoms with van der Waals surface area (Å²) in [4.78, 5) is 34.5. The molecule has 0 spiro atoms. The molecular formula is C22H23N3O3. The van der Waals surface area contributed by atoms with E-state index in [0.717, 1.165) is 35.9 Å². The zero-order chi connectivity index (χ0) is 19.5.